The van der Waals surface area contributed by atoms with E-state index < -0.39 is 4.92 Å². The Morgan fingerprint density at radius 3 is 2.89 bits per heavy atom. The molecule has 1 aromatic rings. The summed E-state index contributed by atoms with van der Waals surface area (Å²) in [6.45, 7) is 2.35. The van der Waals surface area contributed by atoms with E-state index >= 15 is 0 Å². The van der Waals surface area contributed by atoms with Crippen LogP contribution in [0.5, 0.6) is 5.75 Å². The van der Waals surface area contributed by atoms with Gasteiger partial charge in [-0.25, -0.2) is 0 Å². The first kappa shape index (κ1) is 13.5. The Hall–Kier alpha value is -1.95. The second kappa shape index (κ2) is 5.79. The van der Waals surface area contributed by atoms with Crippen LogP contribution < -0.4 is 4.74 Å². The number of aldehydes is 1. The van der Waals surface area contributed by atoms with Gasteiger partial charge in [-0.15, -0.1) is 0 Å². The molecule has 1 heterocycles. The Bertz CT molecular complexity index is 488. The summed E-state index contributed by atoms with van der Waals surface area (Å²) < 4.78 is 11.1. The van der Waals surface area contributed by atoms with Crippen molar-refractivity contribution in [1.29, 1.82) is 0 Å². The number of non-ortho nitro benzene ring substituents is 1. The van der Waals surface area contributed by atoms with Crippen molar-refractivity contribution >= 4 is 12.0 Å². The lowest BCUT2D eigenvalue weighted by Gasteiger charge is -2.13. The predicted octanol–water partition coefficient (Wildman–Crippen LogP) is 2.35. The van der Waals surface area contributed by atoms with Crippen LogP contribution in [0.2, 0.25) is 0 Å². The quantitative estimate of drug-likeness (QED) is 0.464. The SMILES string of the molecule is CC1CCC(COc2ccc([N+](=O)[O-])cc2C=O)O1. The van der Waals surface area contributed by atoms with Crippen LogP contribution in [0.1, 0.15) is 30.1 Å². The van der Waals surface area contributed by atoms with Gasteiger partial charge < -0.3 is 9.47 Å². The minimum atomic E-state index is -0.543. The lowest BCUT2D eigenvalue weighted by atomic mass is 10.2. The molecule has 102 valence electrons. The molecule has 1 fully saturated rings. The molecule has 6 nitrogen and oxygen atoms in total. The number of hydrogen-bond donors (Lipinski definition) is 0. The average molecular weight is 265 g/mol. The van der Waals surface area contributed by atoms with Gasteiger partial charge in [-0.05, 0) is 25.8 Å². The Morgan fingerprint density at radius 1 is 1.53 bits per heavy atom. The molecule has 2 atom stereocenters. The van der Waals surface area contributed by atoms with Gasteiger partial charge in [-0.2, -0.15) is 0 Å². The van der Waals surface area contributed by atoms with Gasteiger partial charge in [0.25, 0.3) is 5.69 Å². The summed E-state index contributed by atoms with van der Waals surface area (Å²) in [5.74, 6) is 0.351. The van der Waals surface area contributed by atoms with Crippen LogP contribution in [0.25, 0.3) is 0 Å². The van der Waals surface area contributed by atoms with Crippen molar-refractivity contribution in [2.75, 3.05) is 6.61 Å². The van der Waals surface area contributed by atoms with Gasteiger partial charge in [-0.1, -0.05) is 0 Å². The van der Waals surface area contributed by atoms with Gasteiger partial charge in [0.15, 0.2) is 6.29 Å². The molecule has 6 heteroatoms. The molecule has 0 amide bonds. The summed E-state index contributed by atoms with van der Waals surface area (Å²) in [5.41, 5.74) is 0.0560. The summed E-state index contributed by atoms with van der Waals surface area (Å²) in [7, 11) is 0. The van der Waals surface area contributed by atoms with Crippen molar-refractivity contribution in [2.24, 2.45) is 0 Å². The largest absolute Gasteiger partial charge is 0.490 e. The highest BCUT2D eigenvalue weighted by atomic mass is 16.6. The van der Waals surface area contributed by atoms with Crippen molar-refractivity contribution in [3.05, 3.63) is 33.9 Å². The molecule has 0 saturated carbocycles. The molecule has 19 heavy (non-hydrogen) atoms. The van der Waals surface area contributed by atoms with Gasteiger partial charge in [0.1, 0.15) is 12.4 Å². The maximum absolute atomic E-state index is 10.9. The number of carbonyl (C=O) groups excluding carboxylic acids is 1. The number of hydrogen-bond acceptors (Lipinski definition) is 5. The number of nitro groups is 1. The van der Waals surface area contributed by atoms with Crippen molar-refractivity contribution in [3.8, 4) is 5.75 Å². The van der Waals surface area contributed by atoms with Gasteiger partial charge in [0, 0.05) is 12.1 Å². The normalized spacial score (nSPS) is 22.2. The third-order valence-electron chi connectivity index (χ3n) is 3.08. The second-order valence-electron chi connectivity index (χ2n) is 4.55. The Morgan fingerprint density at radius 2 is 2.32 bits per heavy atom. The molecule has 1 aliphatic rings. The minimum Gasteiger partial charge on any atom is -0.490 e. The van der Waals surface area contributed by atoms with E-state index in [0.717, 1.165) is 12.8 Å². The fourth-order valence-corrected chi connectivity index (χ4v) is 2.06. The standard InChI is InChI=1S/C13H15NO5/c1-9-2-4-12(19-9)8-18-13-5-3-11(14(16)17)6-10(13)7-15/h3,5-7,9,12H,2,4,8H2,1H3. The van der Waals surface area contributed by atoms with E-state index in [2.05, 4.69) is 0 Å². The minimum absolute atomic E-state index is 0.0182. The molecular weight excluding hydrogens is 250 g/mol. The van der Waals surface area contributed by atoms with E-state index in [9.17, 15) is 14.9 Å². The molecule has 0 aliphatic carbocycles. The molecule has 0 bridgehead atoms. The monoisotopic (exact) mass is 265 g/mol. The molecule has 2 rings (SSSR count). The molecule has 0 aromatic heterocycles. The zero-order valence-electron chi connectivity index (χ0n) is 10.6. The topological polar surface area (TPSA) is 78.7 Å². The summed E-state index contributed by atoms with van der Waals surface area (Å²) in [4.78, 5) is 21.0. The van der Waals surface area contributed by atoms with Crippen LogP contribution in [-0.4, -0.2) is 30.0 Å². The zero-order valence-corrected chi connectivity index (χ0v) is 10.6. The first-order valence-electron chi connectivity index (χ1n) is 6.12. The van der Waals surface area contributed by atoms with Crippen molar-refractivity contribution in [2.45, 2.75) is 32.0 Å². The van der Waals surface area contributed by atoms with Crippen molar-refractivity contribution in [1.82, 2.24) is 0 Å². The van der Waals surface area contributed by atoms with Crippen molar-refractivity contribution in [3.63, 3.8) is 0 Å². The van der Waals surface area contributed by atoms with E-state index in [4.69, 9.17) is 9.47 Å². The molecule has 0 spiro atoms. The highest BCUT2D eigenvalue weighted by molar-refractivity contribution is 5.80. The van der Waals surface area contributed by atoms with E-state index in [0.29, 0.717) is 18.6 Å². The fraction of sp³-hybridized carbons (Fsp3) is 0.462. The van der Waals surface area contributed by atoms with Gasteiger partial charge in [0.2, 0.25) is 0 Å². The Kier molecular flexibility index (Phi) is 4.11. The van der Waals surface area contributed by atoms with E-state index in [-0.39, 0.29) is 23.5 Å². The van der Waals surface area contributed by atoms with Crippen LogP contribution in [0.4, 0.5) is 5.69 Å². The number of ether oxygens (including phenoxy) is 2. The Balaban J connectivity index is 2.03. The molecule has 0 N–H and O–H groups in total. The highest BCUT2D eigenvalue weighted by Crippen LogP contribution is 2.25. The summed E-state index contributed by atoms with van der Waals surface area (Å²) in [6, 6.07) is 3.97. The summed E-state index contributed by atoms with van der Waals surface area (Å²) in [6.07, 6.45) is 2.72. The van der Waals surface area contributed by atoms with Crippen LogP contribution in [0.3, 0.4) is 0 Å². The molecule has 0 radical (unpaired) electrons. The molecule has 1 saturated heterocycles. The fourth-order valence-electron chi connectivity index (χ4n) is 2.06. The number of rotatable bonds is 5. The Labute approximate surface area is 110 Å². The third kappa shape index (κ3) is 3.29. The first-order chi connectivity index (χ1) is 9.10. The van der Waals surface area contributed by atoms with Gasteiger partial charge >= 0.3 is 0 Å². The summed E-state index contributed by atoms with van der Waals surface area (Å²) >= 11 is 0. The van der Waals surface area contributed by atoms with E-state index in [1.54, 1.807) is 0 Å². The smallest absolute Gasteiger partial charge is 0.270 e. The maximum atomic E-state index is 10.9. The lowest BCUT2D eigenvalue weighted by molar-refractivity contribution is -0.384. The first-order valence-corrected chi connectivity index (χ1v) is 6.12. The van der Waals surface area contributed by atoms with Gasteiger partial charge in [-0.3, -0.25) is 14.9 Å². The number of benzene rings is 1. The number of carbonyl (C=O) groups is 1. The van der Waals surface area contributed by atoms with Crippen LogP contribution in [0, 0.1) is 10.1 Å². The maximum Gasteiger partial charge on any atom is 0.270 e. The van der Waals surface area contributed by atoms with Gasteiger partial charge in [0.05, 0.1) is 22.7 Å². The summed E-state index contributed by atoms with van der Waals surface area (Å²) in [5, 5.41) is 10.6. The highest BCUT2D eigenvalue weighted by Gasteiger charge is 2.22. The molecule has 2 unspecified atom stereocenters. The predicted molar refractivity (Wildman–Crippen MR) is 67.5 cm³/mol. The number of nitro benzene ring substituents is 1. The lowest BCUT2D eigenvalue weighted by Crippen LogP contribution is -2.18. The van der Waals surface area contributed by atoms with Crippen LogP contribution in [-0.2, 0) is 4.74 Å². The molecule has 1 aromatic carbocycles. The van der Waals surface area contributed by atoms with Crippen LogP contribution >= 0.6 is 0 Å². The van der Waals surface area contributed by atoms with Crippen LogP contribution in [0.15, 0.2) is 18.2 Å². The van der Waals surface area contributed by atoms with Crippen molar-refractivity contribution < 1.29 is 19.2 Å². The van der Waals surface area contributed by atoms with E-state index in [1.807, 2.05) is 6.92 Å². The average Bonchev–Trinajstić information content (AvgIpc) is 2.81. The molecular formula is C13H15NO5. The third-order valence-corrected chi connectivity index (χ3v) is 3.08. The van der Waals surface area contributed by atoms with E-state index in [1.165, 1.54) is 18.2 Å². The second-order valence-corrected chi connectivity index (χ2v) is 4.55. The number of nitrogens with zero attached hydrogens (tertiary/aromatic N) is 1. The molecule has 1 aliphatic heterocycles. The zero-order chi connectivity index (χ0) is 13.8.